The second-order valence-electron chi connectivity index (χ2n) is 6.22. The van der Waals surface area contributed by atoms with Crippen molar-refractivity contribution < 1.29 is 0 Å². The smallest absolute Gasteiger partial charge is 0.191 e. The Bertz CT molecular complexity index is 260. The molecule has 0 aromatic carbocycles. The van der Waals surface area contributed by atoms with Crippen molar-refractivity contribution in [2.75, 3.05) is 13.1 Å². The molecule has 1 unspecified atom stereocenters. The molecular weight excluding hydrogens is 198 g/mol. The van der Waals surface area contributed by atoms with Gasteiger partial charge in [-0.1, -0.05) is 13.8 Å². The van der Waals surface area contributed by atoms with Crippen molar-refractivity contribution in [3.63, 3.8) is 0 Å². The van der Waals surface area contributed by atoms with Gasteiger partial charge in [0.25, 0.3) is 0 Å². The minimum absolute atomic E-state index is 0.507. The zero-order valence-electron chi connectivity index (χ0n) is 10.8. The van der Waals surface area contributed by atoms with Crippen LogP contribution < -0.4 is 10.6 Å². The standard InChI is InChI=1S/C13H25N3/c1-10-8-14-12(16-10)15-9-11-4-6-13(2,3)7-5-11/h10-11H,4-9H2,1-3H3,(H2,14,15,16). The summed E-state index contributed by atoms with van der Waals surface area (Å²) in [6, 6.07) is 0.507. The fourth-order valence-corrected chi connectivity index (χ4v) is 2.56. The topological polar surface area (TPSA) is 36.4 Å². The van der Waals surface area contributed by atoms with E-state index < -0.39 is 0 Å². The largest absolute Gasteiger partial charge is 0.356 e. The van der Waals surface area contributed by atoms with Crippen molar-refractivity contribution in [1.29, 1.82) is 0 Å². The maximum absolute atomic E-state index is 4.42. The van der Waals surface area contributed by atoms with Gasteiger partial charge in [0.1, 0.15) is 0 Å². The molecule has 3 nitrogen and oxygen atoms in total. The van der Waals surface area contributed by atoms with E-state index in [1.165, 1.54) is 25.7 Å². The molecule has 92 valence electrons. The van der Waals surface area contributed by atoms with E-state index in [-0.39, 0.29) is 0 Å². The second kappa shape index (κ2) is 4.64. The first-order valence-corrected chi connectivity index (χ1v) is 6.60. The quantitative estimate of drug-likeness (QED) is 0.752. The zero-order valence-corrected chi connectivity index (χ0v) is 10.8. The molecule has 1 saturated carbocycles. The molecule has 3 heteroatoms. The molecule has 0 aromatic rings. The minimum Gasteiger partial charge on any atom is -0.356 e. The summed E-state index contributed by atoms with van der Waals surface area (Å²) in [4.78, 5) is 4.42. The molecule has 0 radical (unpaired) electrons. The summed E-state index contributed by atoms with van der Waals surface area (Å²) in [6.07, 6.45) is 5.47. The predicted molar refractivity (Wildman–Crippen MR) is 68.6 cm³/mol. The highest BCUT2D eigenvalue weighted by atomic mass is 15.2. The highest BCUT2D eigenvalue weighted by molar-refractivity contribution is 5.81. The maximum Gasteiger partial charge on any atom is 0.191 e. The van der Waals surface area contributed by atoms with Crippen LogP contribution in [0.3, 0.4) is 0 Å². The first kappa shape index (κ1) is 11.7. The molecule has 2 rings (SSSR count). The van der Waals surface area contributed by atoms with Gasteiger partial charge in [-0.15, -0.1) is 0 Å². The molecule has 1 heterocycles. The van der Waals surface area contributed by atoms with Crippen LogP contribution >= 0.6 is 0 Å². The molecule has 16 heavy (non-hydrogen) atoms. The first-order chi connectivity index (χ1) is 7.55. The van der Waals surface area contributed by atoms with E-state index >= 15 is 0 Å². The van der Waals surface area contributed by atoms with E-state index in [2.05, 4.69) is 36.4 Å². The molecule has 1 aliphatic carbocycles. The van der Waals surface area contributed by atoms with Gasteiger partial charge in [-0.05, 0) is 43.9 Å². The molecule has 0 bridgehead atoms. The van der Waals surface area contributed by atoms with Crippen molar-refractivity contribution in [2.45, 2.75) is 52.5 Å². The molecule has 1 fully saturated rings. The highest BCUT2D eigenvalue weighted by Gasteiger charge is 2.26. The summed E-state index contributed by atoms with van der Waals surface area (Å²) in [5, 5.41) is 6.80. The van der Waals surface area contributed by atoms with Crippen molar-refractivity contribution in [3.8, 4) is 0 Å². The summed E-state index contributed by atoms with van der Waals surface area (Å²) < 4.78 is 0. The summed E-state index contributed by atoms with van der Waals surface area (Å²) >= 11 is 0. The number of hydrogen-bond donors (Lipinski definition) is 2. The Labute approximate surface area is 99.1 Å². The van der Waals surface area contributed by atoms with Crippen LogP contribution in [0.1, 0.15) is 46.5 Å². The Hall–Kier alpha value is -0.730. The normalized spacial score (nSPS) is 29.7. The highest BCUT2D eigenvalue weighted by Crippen LogP contribution is 2.37. The fourth-order valence-electron chi connectivity index (χ4n) is 2.56. The van der Waals surface area contributed by atoms with E-state index in [9.17, 15) is 0 Å². The third kappa shape index (κ3) is 3.13. The van der Waals surface area contributed by atoms with Gasteiger partial charge in [0.05, 0.1) is 6.54 Å². The number of nitrogens with zero attached hydrogens (tertiary/aromatic N) is 1. The Morgan fingerprint density at radius 2 is 2.06 bits per heavy atom. The number of hydrogen-bond acceptors (Lipinski definition) is 3. The van der Waals surface area contributed by atoms with Crippen LogP contribution in [-0.2, 0) is 0 Å². The van der Waals surface area contributed by atoms with Crippen LogP contribution in [0.4, 0.5) is 0 Å². The molecule has 2 N–H and O–H groups in total. The molecule has 1 aliphatic heterocycles. The number of nitrogens with one attached hydrogen (secondary N) is 2. The van der Waals surface area contributed by atoms with Gasteiger partial charge in [0.15, 0.2) is 5.96 Å². The molecule has 0 saturated heterocycles. The van der Waals surface area contributed by atoms with E-state index in [4.69, 9.17) is 0 Å². The lowest BCUT2D eigenvalue weighted by Crippen LogP contribution is -2.40. The summed E-state index contributed by atoms with van der Waals surface area (Å²) in [7, 11) is 0. The molecule has 2 aliphatic rings. The summed E-state index contributed by atoms with van der Waals surface area (Å²) in [5.41, 5.74) is 0.578. The molecule has 0 aromatic heterocycles. The maximum atomic E-state index is 4.42. The predicted octanol–water partition coefficient (Wildman–Crippen LogP) is 2.14. The van der Waals surface area contributed by atoms with Crippen LogP contribution in [0.15, 0.2) is 4.99 Å². The second-order valence-corrected chi connectivity index (χ2v) is 6.22. The summed E-state index contributed by atoms with van der Waals surface area (Å²) in [6.45, 7) is 8.96. The zero-order chi connectivity index (χ0) is 11.6. The lowest BCUT2D eigenvalue weighted by molar-refractivity contribution is 0.192. The van der Waals surface area contributed by atoms with Gasteiger partial charge in [-0.2, -0.15) is 0 Å². The average molecular weight is 223 g/mol. The van der Waals surface area contributed by atoms with Crippen LogP contribution in [0.5, 0.6) is 0 Å². The Morgan fingerprint density at radius 1 is 1.38 bits per heavy atom. The third-order valence-corrected chi connectivity index (χ3v) is 3.92. The monoisotopic (exact) mass is 223 g/mol. The Morgan fingerprint density at radius 3 is 2.62 bits per heavy atom. The summed E-state index contributed by atoms with van der Waals surface area (Å²) in [5.74, 6) is 1.85. The molecule has 0 spiro atoms. The van der Waals surface area contributed by atoms with Gasteiger partial charge in [-0.25, -0.2) is 0 Å². The lowest BCUT2D eigenvalue weighted by atomic mass is 9.73. The van der Waals surface area contributed by atoms with E-state index in [1.807, 2.05) is 0 Å². The van der Waals surface area contributed by atoms with Gasteiger partial charge in [0.2, 0.25) is 0 Å². The fraction of sp³-hybridized carbons (Fsp3) is 0.923. The van der Waals surface area contributed by atoms with Crippen LogP contribution in [0, 0.1) is 11.3 Å². The average Bonchev–Trinajstić information content (AvgIpc) is 2.63. The van der Waals surface area contributed by atoms with Crippen LogP contribution in [0.25, 0.3) is 0 Å². The Balaban J connectivity index is 1.68. The van der Waals surface area contributed by atoms with Crippen molar-refractivity contribution in [3.05, 3.63) is 0 Å². The van der Waals surface area contributed by atoms with Gasteiger partial charge in [0, 0.05) is 12.6 Å². The van der Waals surface area contributed by atoms with E-state index in [1.54, 1.807) is 0 Å². The van der Waals surface area contributed by atoms with E-state index in [0.29, 0.717) is 11.5 Å². The van der Waals surface area contributed by atoms with Crippen molar-refractivity contribution >= 4 is 5.96 Å². The first-order valence-electron chi connectivity index (χ1n) is 6.60. The van der Waals surface area contributed by atoms with Gasteiger partial charge >= 0.3 is 0 Å². The van der Waals surface area contributed by atoms with Crippen molar-refractivity contribution in [1.82, 2.24) is 10.6 Å². The lowest BCUT2D eigenvalue weighted by Gasteiger charge is -2.34. The minimum atomic E-state index is 0.507. The van der Waals surface area contributed by atoms with Gasteiger partial charge in [-0.3, -0.25) is 4.99 Å². The SMILES string of the molecule is CC1CN=C(NCC2CCC(C)(C)CC2)N1. The van der Waals surface area contributed by atoms with Crippen LogP contribution in [0.2, 0.25) is 0 Å². The number of aliphatic imine (C=N–C) groups is 1. The molecule has 1 atom stereocenters. The molecular formula is C13H25N3. The Kier molecular flexibility index (Phi) is 3.41. The number of guanidine groups is 1. The van der Waals surface area contributed by atoms with Crippen molar-refractivity contribution in [2.24, 2.45) is 16.3 Å². The van der Waals surface area contributed by atoms with E-state index in [0.717, 1.165) is 25.0 Å². The third-order valence-electron chi connectivity index (χ3n) is 3.92. The molecule has 0 amide bonds. The number of rotatable bonds is 2. The van der Waals surface area contributed by atoms with Gasteiger partial charge < -0.3 is 10.6 Å². The van der Waals surface area contributed by atoms with Crippen LogP contribution in [-0.4, -0.2) is 25.1 Å².